The molecule has 0 radical (unpaired) electrons. The molecule has 0 spiro atoms. The highest BCUT2D eigenvalue weighted by Crippen LogP contribution is 2.34. The first-order chi connectivity index (χ1) is 7.67. The zero-order valence-electron chi connectivity index (χ0n) is 10.4. The van der Waals surface area contributed by atoms with Crippen molar-refractivity contribution in [3.63, 3.8) is 0 Å². The highest BCUT2D eigenvalue weighted by Gasteiger charge is 2.33. The zero-order valence-corrected chi connectivity index (χ0v) is 10.4. The topological polar surface area (TPSA) is 55.6 Å². The minimum Gasteiger partial charge on any atom is -0.311 e. The first kappa shape index (κ1) is 11.5. The second-order valence-electron chi connectivity index (χ2n) is 5.02. The van der Waals surface area contributed by atoms with Crippen LogP contribution < -0.4 is 5.32 Å². The van der Waals surface area contributed by atoms with Gasteiger partial charge >= 0.3 is 0 Å². The summed E-state index contributed by atoms with van der Waals surface area (Å²) in [6, 6.07) is 0.203. The van der Waals surface area contributed by atoms with Crippen LogP contribution in [0.25, 0.3) is 0 Å². The number of tetrazole rings is 1. The van der Waals surface area contributed by atoms with Crippen LogP contribution in [0, 0.1) is 0 Å². The zero-order chi connectivity index (χ0) is 11.6. The Morgan fingerprint density at radius 2 is 2.00 bits per heavy atom. The summed E-state index contributed by atoms with van der Waals surface area (Å²) in [7, 11) is 1.94. The van der Waals surface area contributed by atoms with E-state index >= 15 is 0 Å². The standard InChI is InChI=1S/C11H21N5/c1-9(12-3)10-13-14-15-16(10)11(2)7-5-4-6-8-11/h9,12H,4-8H2,1-3H3. The molecule has 1 aromatic rings. The lowest BCUT2D eigenvalue weighted by atomic mass is 9.83. The van der Waals surface area contributed by atoms with Crippen molar-refractivity contribution < 1.29 is 0 Å². The van der Waals surface area contributed by atoms with Crippen LogP contribution >= 0.6 is 0 Å². The van der Waals surface area contributed by atoms with Gasteiger partial charge in [0.05, 0.1) is 11.6 Å². The molecule has 0 saturated heterocycles. The Hall–Kier alpha value is -0.970. The monoisotopic (exact) mass is 223 g/mol. The summed E-state index contributed by atoms with van der Waals surface area (Å²) in [6.45, 7) is 4.36. The van der Waals surface area contributed by atoms with E-state index in [1.54, 1.807) is 0 Å². The van der Waals surface area contributed by atoms with Crippen LogP contribution in [-0.2, 0) is 5.54 Å². The van der Waals surface area contributed by atoms with Gasteiger partial charge in [-0.15, -0.1) is 5.10 Å². The number of aromatic nitrogens is 4. The van der Waals surface area contributed by atoms with Crippen molar-refractivity contribution in [2.75, 3.05) is 7.05 Å². The summed E-state index contributed by atoms with van der Waals surface area (Å²) in [5, 5.41) is 15.4. The predicted molar refractivity (Wildman–Crippen MR) is 62.0 cm³/mol. The number of hydrogen-bond donors (Lipinski definition) is 1. The number of rotatable bonds is 3. The third kappa shape index (κ3) is 1.96. The Balaban J connectivity index is 2.28. The van der Waals surface area contributed by atoms with Gasteiger partial charge in [-0.05, 0) is 44.2 Å². The normalized spacial score (nSPS) is 21.9. The van der Waals surface area contributed by atoms with Gasteiger partial charge in [0, 0.05) is 0 Å². The first-order valence-electron chi connectivity index (χ1n) is 6.13. The average molecular weight is 223 g/mol. The van der Waals surface area contributed by atoms with Crippen LogP contribution in [0.1, 0.15) is 57.8 Å². The summed E-state index contributed by atoms with van der Waals surface area (Å²) in [5.41, 5.74) is 0.113. The maximum atomic E-state index is 4.20. The molecule has 1 heterocycles. The Morgan fingerprint density at radius 3 is 2.62 bits per heavy atom. The predicted octanol–water partition coefficient (Wildman–Crippen LogP) is 1.63. The van der Waals surface area contributed by atoms with Crippen molar-refractivity contribution in [1.82, 2.24) is 25.5 Å². The van der Waals surface area contributed by atoms with Crippen molar-refractivity contribution in [2.45, 2.75) is 57.5 Å². The molecule has 1 atom stereocenters. The summed E-state index contributed by atoms with van der Waals surface area (Å²) in [4.78, 5) is 0. The van der Waals surface area contributed by atoms with Crippen LogP contribution in [-0.4, -0.2) is 27.3 Å². The Kier molecular flexibility index (Phi) is 3.23. The molecule has 1 unspecified atom stereocenters. The Bertz CT molecular complexity index is 340. The van der Waals surface area contributed by atoms with Gasteiger partial charge in [0.15, 0.2) is 5.82 Å². The van der Waals surface area contributed by atoms with Gasteiger partial charge in [0.1, 0.15) is 0 Å². The van der Waals surface area contributed by atoms with Crippen LogP contribution in [0.4, 0.5) is 0 Å². The van der Waals surface area contributed by atoms with Gasteiger partial charge in [-0.3, -0.25) is 0 Å². The van der Waals surface area contributed by atoms with E-state index in [0.29, 0.717) is 0 Å². The molecule has 1 aliphatic rings. The summed E-state index contributed by atoms with van der Waals surface area (Å²) < 4.78 is 2.04. The summed E-state index contributed by atoms with van der Waals surface area (Å²) in [5.74, 6) is 0.951. The molecular formula is C11H21N5. The molecule has 90 valence electrons. The maximum absolute atomic E-state index is 4.20. The number of nitrogens with one attached hydrogen (secondary N) is 1. The van der Waals surface area contributed by atoms with E-state index in [9.17, 15) is 0 Å². The minimum atomic E-state index is 0.113. The number of hydrogen-bond acceptors (Lipinski definition) is 4. The van der Waals surface area contributed by atoms with Gasteiger partial charge in [0.25, 0.3) is 0 Å². The smallest absolute Gasteiger partial charge is 0.168 e. The van der Waals surface area contributed by atoms with Gasteiger partial charge in [-0.25, -0.2) is 4.68 Å². The lowest BCUT2D eigenvalue weighted by molar-refractivity contribution is 0.185. The van der Waals surface area contributed by atoms with Crippen LogP contribution in [0.5, 0.6) is 0 Å². The lowest BCUT2D eigenvalue weighted by Gasteiger charge is -2.34. The molecule has 1 fully saturated rings. The minimum absolute atomic E-state index is 0.113. The van der Waals surface area contributed by atoms with Crippen molar-refractivity contribution in [3.05, 3.63) is 5.82 Å². The third-order valence-electron chi connectivity index (χ3n) is 3.76. The summed E-state index contributed by atoms with van der Waals surface area (Å²) >= 11 is 0. The van der Waals surface area contributed by atoms with Crippen molar-refractivity contribution in [1.29, 1.82) is 0 Å². The largest absolute Gasteiger partial charge is 0.311 e. The maximum Gasteiger partial charge on any atom is 0.168 e. The molecule has 2 rings (SSSR count). The van der Waals surface area contributed by atoms with E-state index in [4.69, 9.17) is 0 Å². The second kappa shape index (κ2) is 4.49. The molecule has 1 saturated carbocycles. The quantitative estimate of drug-likeness (QED) is 0.846. The second-order valence-corrected chi connectivity index (χ2v) is 5.02. The first-order valence-corrected chi connectivity index (χ1v) is 6.13. The lowest BCUT2D eigenvalue weighted by Crippen LogP contribution is -2.36. The molecule has 0 aliphatic heterocycles. The van der Waals surface area contributed by atoms with Crippen LogP contribution in [0.2, 0.25) is 0 Å². The van der Waals surface area contributed by atoms with E-state index in [2.05, 4.69) is 34.7 Å². The fraction of sp³-hybridized carbons (Fsp3) is 0.909. The molecule has 1 aliphatic carbocycles. The molecule has 5 nitrogen and oxygen atoms in total. The van der Waals surface area contributed by atoms with Crippen molar-refractivity contribution in [2.24, 2.45) is 0 Å². The Labute approximate surface area is 96.6 Å². The Morgan fingerprint density at radius 1 is 1.31 bits per heavy atom. The molecule has 0 bridgehead atoms. The van der Waals surface area contributed by atoms with Gasteiger partial charge in [-0.1, -0.05) is 19.3 Å². The third-order valence-corrected chi connectivity index (χ3v) is 3.76. The average Bonchev–Trinajstić information content (AvgIpc) is 2.78. The van der Waals surface area contributed by atoms with Gasteiger partial charge < -0.3 is 5.32 Å². The molecular weight excluding hydrogens is 202 g/mol. The fourth-order valence-electron chi connectivity index (χ4n) is 2.50. The number of nitrogens with zero attached hydrogens (tertiary/aromatic N) is 4. The van der Waals surface area contributed by atoms with Crippen molar-refractivity contribution >= 4 is 0 Å². The van der Waals surface area contributed by atoms with Crippen LogP contribution in [0.15, 0.2) is 0 Å². The molecule has 0 aromatic carbocycles. The van der Waals surface area contributed by atoms with Crippen LogP contribution in [0.3, 0.4) is 0 Å². The molecule has 0 amide bonds. The fourth-order valence-corrected chi connectivity index (χ4v) is 2.50. The van der Waals surface area contributed by atoms with Gasteiger partial charge in [-0.2, -0.15) is 0 Å². The van der Waals surface area contributed by atoms with E-state index in [0.717, 1.165) is 5.82 Å². The van der Waals surface area contributed by atoms with Gasteiger partial charge in [0.2, 0.25) is 0 Å². The van der Waals surface area contributed by atoms with E-state index in [1.807, 2.05) is 11.7 Å². The molecule has 1 N–H and O–H groups in total. The van der Waals surface area contributed by atoms with E-state index in [1.165, 1.54) is 32.1 Å². The van der Waals surface area contributed by atoms with E-state index < -0.39 is 0 Å². The molecule has 16 heavy (non-hydrogen) atoms. The summed E-state index contributed by atoms with van der Waals surface area (Å²) in [6.07, 6.45) is 6.27. The SMILES string of the molecule is CNC(C)c1nnnn1C1(C)CCCCC1. The van der Waals surface area contributed by atoms with E-state index in [-0.39, 0.29) is 11.6 Å². The molecule has 5 heteroatoms. The molecule has 1 aromatic heterocycles. The van der Waals surface area contributed by atoms with Crippen molar-refractivity contribution in [3.8, 4) is 0 Å². The highest BCUT2D eigenvalue weighted by molar-refractivity contribution is 4.96. The highest BCUT2D eigenvalue weighted by atomic mass is 15.6.